The first-order valence-electron chi connectivity index (χ1n) is 7.91. The van der Waals surface area contributed by atoms with Crippen molar-refractivity contribution in [3.05, 3.63) is 24.0 Å². The Kier molecular flexibility index (Phi) is 7.12. The molecule has 0 saturated heterocycles. The summed E-state index contributed by atoms with van der Waals surface area (Å²) in [6.45, 7) is 12.8. The van der Waals surface area contributed by atoms with Gasteiger partial charge in [-0.1, -0.05) is 0 Å². The fraction of sp³-hybridized carbons (Fsp3) is 0.706. The van der Waals surface area contributed by atoms with Gasteiger partial charge in [-0.25, -0.2) is 0 Å². The molecule has 1 heterocycles. The molecule has 0 aliphatic carbocycles. The Balaban J connectivity index is 2.63. The molecule has 0 fully saturated rings. The Morgan fingerprint density at radius 3 is 2.48 bits per heavy atom. The van der Waals surface area contributed by atoms with Crippen molar-refractivity contribution in [1.29, 1.82) is 0 Å². The summed E-state index contributed by atoms with van der Waals surface area (Å²) in [4.78, 5) is 9.13. The van der Waals surface area contributed by atoms with E-state index < -0.39 is 0 Å². The van der Waals surface area contributed by atoms with Crippen LogP contribution in [0.2, 0.25) is 0 Å². The summed E-state index contributed by atoms with van der Waals surface area (Å²) in [5.74, 6) is 0. The van der Waals surface area contributed by atoms with Crippen LogP contribution in [0.1, 0.15) is 39.8 Å². The standard InChI is InChI=1S/C17H32N4/c1-7-21(12-8-11-20(5)6)16-9-10-18-15(13-16)14-19-17(2,3)4/h9-10,13,19H,7-8,11-12,14H2,1-6H3. The number of rotatable bonds is 8. The highest BCUT2D eigenvalue weighted by atomic mass is 15.1. The van der Waals surface area contributed by atoms with Gasteiger partial charge in [-0.2, -0.15) is 0 Å². The number of hydrogen-bond donors (Lipinski definition) is 1. The molecule has 0 aliphatic heterocycles. The Morgan fingerprint density at radius 1 is 1.19 bits per heavy atom. The van der Waals surface area contributed by atoms with Gasteiger partial charge >= 0.3 is 0 Å². The van der Waals surface area contributed by atoms with Gasteiger partial charge in [0, 0.05) is 37.1 Å². The molecule has 1 rings (SSSR count). The SMILES string of the molecule is CCN(CCCN(C)C)c1ccnc(CNC(C)(C)C)c1. The molecule has 4 nitrogen and oxygen atoms in total. The van der Waals surface area contributed by atoms with Crippen molar-refractivity contribution in [1.82, 2.24) is 15.2 Å². The molecule has 1 N–H and O–H groups in total. The van der Waals surface area contributed by atoms with E-state index in [9.17, 15) is 0 Å². The van der Waals surface area contributed by atoms with E-state index in [4.69, 9.17) is 0 Å². The lowest BCUT2D eigenvalue weighted by Crippen LogP contribution is -2.35. The summed E-state index contributed by atoms with van der Waals surface area (Å²) in [6, 6.07) is 4.32. The van der Waals surface area contributed by atoms with Crippen LogP contribution in [0.3, 0.4) is 0 Å². The van der Waals surface area contributed by atoms with E-state index >= 15 is 0 Å². The van der Waals surface area contributed by atoms with Gasteiger partial charge in [0.05, 0.1) is 5.69 Å². The average Bonchev–Trinajstić information content (AvgIpc) is 2.41. The van der Waals surface area contributed by atoms with E-state index in [1.807, 2.05) is 6.20 Å². The number of nitrogens with one attached hydrogen (secondary N) is 1. The molecular weight excluding hydrogens is 260 g/mol. The van der Waals surface area contributed by atoms with Crippen LogP contribution < -0.4 is 10.2 Å². The summed E-state index contributed by atoms with van der Waals surface area (Å²) in [5, 5.41) is 3.49. The second-order valence-corrected chi connectivity index (χ2v) is 6.85. The van der Waals surface area contributed by atoms with Crippen LogP contribution in [0.15, 0.2) is 18.3 Å². The summed E-state index contributed by atoms with van der Waals surface area (Å²) in [6.07, 6.45) is 3.10. The Labute approximate surface area is 130 Å². The van der Waals surface area contributed by atoms with Crippen LogP contribution >= 0.6 is 0 Å². The molecule has 1 aromatic rings. The van der Waals surface area contributed by atoms with Gasteiger partial charge in [0.1, 0.15) is 0 Å². The van der Waals surface area contributed by atoms with Crippen LogP contribution in [-0.2, 0) is 6.54 Å². The summed E-state index contributed by atoms with van der Waals surface area (Å²) >= 11 is 0. The molecule has 0 bridgehead atoms. The smallest absolute Gasteiger partial charge is 0.0562 e. The average molecular weight is 292 g/mol. The molecule has 4 heteroatoms. The molecule has 0 spiro atoms. The topological polar surface area (TPSA) is 31.4 Å². The maximum atomic E-state index is 4.47. The highest BCUT2D eigenvalue weighted by Gasteiger charge is 2.10. The first-order valence-corrected chi connectivity index (χ1v) is 7.91. The van der Waals surface area contributed by atoms with Crippen molar-refractivity contribution in [2.45, 2.75) is 46.2 Å². The summed E-state index contributed by atoms with van der Waals surface area (Å²) < 4.78 is 0. The first kappa shape index (κ1) is 17.9. The van der Waals surface area contributed by atoms with Gasteiger partial charge in [-0.15, -0.1) is 0 Å². The van der Waals surface area contributed by atoms with Gasteiger partial charge in [0.25, 0.3) is 0 Å². The molecule has 0 aromatic carbocycles. The van der Waals surface area contributed by atoms with Crippen LogP contribution in [0.25, 0.3) is 0 Å². The zero-order valence-corrected chi connectivity index (χ0v) is 14.6. The molecule has 0 radical (unpaired) electrons. The minimum atomic E-state index is 0.119. The highest BCUT2D eigenvalue weighted by molar-refractivity contribution is 5.46. The van der Waals surface area contributed by atoms with Crippen LogP contribution in [-0.4, -0.2) is 49.2 Å². The third-order valence-corrected chi connectivity index (χ3v) is 3.38. The maximum Gasteiger partial charge on any atom is 0.0562 e. The van der Waals surface area contributed by atoms with Crippen molar-refractivity contribution in [2.75, 3.05) is 38.6 Å². The molecule has 0 atom stereocenters. The largest absolute Gasteiger partial charge is 0.372 e. The van der Waals surface area contributed by atoms with Crippen LogP contribution in [0, 0.1) is 0 Å². The van der Waals surface area contributed by atoms with Gasteiger partial charge in [-0.05, 0) is 66.9 Å². The number of hydrogen-bond acceptors (Lipinski definition) is 4. The molecule has 0 amide bonds. The second kappa shape index (κ2) is 8.35. The molecule has 1 aromatic heterocycles. The van der Waals surface area contributed by atoms with Gasteiger partial charge in [-0.3, -0.25) is 4.98 Å². The van der Waals surface area contributed by atoms with Crippen molar-refractivity contribution < 1.29 is 0 Å². The maximum absolute atomic E-state index is 4.47. The zero-order chi connectivity index (χ0) is 15.9. The fourth-order valence-electron chi connectivity index (χ4n) is 2.16. The lowest BCUT2D eigenvalue weighted by Gasteiger charge is -2.25. The first-order chi connectivity index (χ1) is 9.81. The third kappa shape index (κ3) is 7.44. The van der Waals surface area contributed by atoms with E-state index in [0.29, 0.717) is 0 Å². The second-order valence-electron chi connectivity index (χ2n) is 6.85. The monoisotopic (exact) mass is 292 g/mol. The predicted molar refractivity (Wildman–Crippen MR) is 91.9 cm³/mol. The Morgan fingerprint density at radius 2 is 1.90 bits per heavy atom. The van der Waals surface area contributed by atoms with E-state index in [1.54, 1.807) is 0 Å². The normalized spacial score (nSPS) is 12.0. The number of nitrogens with zero attached hydrogens (tertiary/aromatic N) is 3. The van der Waals surface area contributed by atoms with Crippen LogP contribution in [0.5, 0.6) is 0 Å². The Bertz CT molecular complexity index is 409. The molecule has 0 unspecified atom stereocenters. The van der Waals surface area contributed by atoms with Crippen molar-refractivity contribution in [3.63, 3.8) is 0 Å². The summed E-state index contributed by atoms with van der Waals surface area (Å²) in [7, 11) is 4.25. The van der Waals surface area contributed by atoms with Gasteiger partial charge < -0.3 is 15.1 Å². The molecule has 21 heavy (non-hydrogen) atoms. The van der Waals surface area contributed by atoms with E-state index in [2.05, 4.69) is 74.0 Å². The molecule has 0 aliphatic rings. The minimum Gasteiger partial charge on any atom is -0.372 e. The lowest BCUT2D eigenvalue weighted by atomic mass is 10.1. The van der Waals surface area contributed by atoms with Gasteiger partial charge in [0.15, 0.2) is 0 Å². The lowest BCUT2D eigenvalue weighted by molar-refractivity contribution is 0.400. The van der Waals surface area contributed by atoms with Crippen molar-refractivity contribution in [2.24, 2.45) is 0 Å². The zero-order valence-electron chi connectivity index (χ0n) is 14.6. The van der Waals surface area contributed by atoms with Crippen molar-refractivity contribution in [3.8, 4) is 0 Å². The molecule has 120 valence electrons. The minimum absolute atomic E-state index is 0.119. The third-order valence-electron chi connectivity index (χ3n) is 3.38. The quantitative estimate of drug-likeness (QED) is 0.798. The molecular formula is C17H32N4. The number of pyridine rings is 1. The van der Waals surface area contributed by atoms with Crippen LogP contribution in [0.4, 0.5) is 5.69 Å². The number of aromatic nitrogens is 1. The molecule has 0 saturated carbocycles. The van der Waals surface area contributed by atoms with E-state index in [0.717, 1.165) is 31.9 Å². The number of anilines is 1. The fourth-order valence-corrected chi connectivity index (χ4v) is 2.16. The summed E-state index contributed by atoms with van der Waals surface area (Å²) in [5.41, 5.74) is 2.50. The Hall–Kier alpha value is -1.13. The predicted octanol–water partition coefficient (Wildman–Crippen LogP) is 2.75. The van der Waals surface area contributed by atoms with Crippen molar-refractivity contribution >= 4 is 5.69 Å². The van der Waals surface area contributed by atoms with E-state index in [1.165, 1.54) is 12.1 Å². The highest BCUT2D eigenvalue weighted by Crippen LogP contribution is 2.15. The van der Waals surface area contributed by atoms with Gasteiger partial charge in [0.2, 0.25) is 0 Å². The van der Waals surface area contributed by atoms with E-state index in [-0.39, 0.29) is 5.54 Å².